The third-order valence-corrected chi connectivity index (χ3v) is 15.1. The van der Waals surface area contributed by atoms with Crippen LogP contribution in [0.1, 0.15) is 209 Å². The van der Waals surface area contributed by atoms with E-state index in [1.807, 2.05) is 0 Å². The summed E-state index contributed by atoms with van der Waals surface area (Å²) >= 11 is 0. The van der Waals surface area contributed by atoms with Crippen LogP contribution in [0.4, 0.5) is 0 Å². The molecule has 0 heterocycles. The molecule has 4 rings (SSSR count). The molecule has 0 N–H and O–H groups in total. The number of unbranched alkanes of at least 4 members (excludes halogenated alkanes) is 12. The molecule has 47 heavy (non-hydrogen) atoms. The van der Waals surface area contributed by atoms with Gasteiger partial charge in [0.05, 0.1) is 0 Å². The number of hydrogen-bond donors (Lipinski definition) is 0. The van der Waals surface area contributed by atoms with Crippen molar-refractivity contribution in [2.45, 2.75) is 215 Å². The molecule has 0 aromatic rings. The second-order valence-electron chi connectivity index (χ2n) is 18.3. The fourth-order valence-electron chi connectivity index (χ4n) is 11.9. The summed E-state index contributed by atoms with van der Waals surface area (Å²) in [6.07, 6.45) is 35.4. The molecule has 0 amide bonds. The fraction of sp³-hybridized carbons (Fsp3) is 0.933. The molecule has 0 saturated heterocycles. The Morgan fingerprint density at radius 1 is 0.787 bits per heavy atom. The molecular formula is C45H80O2. The van der Waals surface area contributed by atoms with E-state index in [0.29, 0.717) is 17.3 Å². The summed E-state index contributed by atoms with van der Waals surface area (Å²) in [7, 11) is 0. The van der Waals surface area contributed by atoms with Crippen LogP contribution in [0.5, 0.6) is 0 Å². The van der Waals surface area contributed by atoms with Gasteiger partial charge in [0.1, 0.15) is 6.10 Å². The van der Waals surface area contributed by atoms with Crippen molar-refractivity contribution >= 4 is 5.97 Å². The van der Waals surface area contributed by atoms with Crippen LogP contribution in [0.25, 0.3) is 0 Å². The maximum Gasteiger partial charge on any atom is 0.306 e. The zero-order valence-electron chi connectivity index (χ0n) is 32.7. The van der Waals surface area contributed by atoms with Crippen molar-refractivity contribution in [3.8, 4) is 0 Å². The standard InChI is InChI=1S/C45H80O2/c1-8-10-11-12-13-14-15-16-17-18-19-20-21-22-43(46)47-38-29-31-44(6)37(33-38)25-26-39-41-28-27-40(45(41,7)32-30-42(39)44)35(5)23-24-36(9-2)34(3)4/h25,34-36,38-42H,8-24,26-33H2,1-7H3/t35-,36+,38+,39+,40+,41+,42+,44+,45+/m1/s1. The molecule has 0 spiro atoms. The van der Waals surface area contributed by atoms with Gasteiger partial charge in [-0.1, -0.05) is 150 Å². The van der Waals surface area contributed by atoms with Crippen molar-refractivity contribution in [2.75, 3.05) is 0 Å². The molecule has 0 bridgehead atoms. The third kappa shape index (κ3) is 10.1. The molecule has 0 aromatic heterocycles. The smallest absolute Gasteiger partial charge is 0.306 e. The van der Waals surface area contributed by atoms with E-state index in [2.05, 4.69) is 54.5 Å². The molecule has 3 saturated carbocycles. The molecule has 4 aliphatic carbocycles. The van der Waals surface area contributed by atoms with E-state index in [-0.39, 0.29) is 12.1 Å². The van der Waals surface area contributed by atoms with Crippen LogP contribution in [0.15, 0.2) is 11.6 Å². The number of rotatable bonds is 21. The lowest BCUT2D eigenvalue weighted by atomic mass is 9.47. The first-order valence-corrected chi connectivity index (χ1v) is 21.5. The summed E-state index contributed by atoms with van der Waals surface area (Å²) in [5.74, 6) is 6.18. The minimum atomic E-state index is 0.0640. The Hall–Kier alpha value is -0.790. The van der Waals surface area contributed by atoms with E-state index >= 15 is 0 Å². The van der Waals surface area contributed by atoms with Crippen LogP contribution >= 0.6 is 0 Å². The highest BCUT2D eigenvalue weighted by Gasteiger charge is 2.59. The van der Waals surface area contributed by atoms with Gasteiger partial charge < -0.3 is 4.74 Å². The number of carbonyl (C=O) groups is 1. The predicted molar refractivity (Wildman–Crippen MR) is 202 cm³/mol. The van der Waals surface area contributed by atoms with Gasteiger partial charge in [0.15, 0.2) is 0 Å². The van der Waals surface area contributed by atoms with Crippen molar-refractivity contribution in [1.82, 2.24) is 0 Å². The van der Waals surface area contributed by atoms with E-state index < -0.39 is 0 Å². The molecule has 9 atom stereocenters. The van der Waals surface area contributed by atoms with Crippen LogP contribution < -0.4 is 0 Å². The Morgan fingerprint density at radius 3 is 2.04 bits per heavy atom. The average molecular weight is 653 g/mol. The minimum Gasteiger partial charge on any atom is -0.462 e. The lowest BCUT2D eigenvalue weighted by Crippen LogP contribution is -2.51. The molecule has 4 aliphatic rings. The minimum absolute atomic E-state index is 0.0640. The number of allylic oxidation sites excluding steroid dienone is 1. The summed E-state index contributed by atoms with van der Waals surface area (Å²) in [6, 6.07) is 0. The first kappa shape index (κ1) is 39.0. The largest absolute Gasteiger partial charge is 0.462 e. The Labute approximate surface area is 293 Å². The van der Waals surface area contributed by atoms with Crippen LogP contribution in [0, 0.1) is 52.3 Å². The lowest BCUT2D eigenvalue weighted by molar-refractivity contribution is -0.151. The molecule has 0 aliphatic heterocycles. The number of fused-ring (bicyclic) bond motifs is 5. The third-order valence-electron chi connectivity index (χ3n) is 15.1. The molecule has 2 nitrogen and oxygen atoms in total. The van der Waals surface area contributed by atoms with Gasteiger partial charge in [-0.15, -0.1) is 0 Å². The van der Waals surface area contributed by atoms with Crippen LogP contribution in [-0.4, -0.2) is 12.1 Å². The molecule has 2 heteroatoms. The Bertz CT molecular complexity index is 950. The van der Waals surface area contributed by atoms with E-state index in [1.54, 1.807) is 5.57 Å². The normalized spacial score (nSPS) is 33.1. The van der Waals surface area contributed by atoms with Crippen LogP contribution in [-0.2, 0) is 9.53 Å². The summed E-state index contributed by atoms with van der Waals surface area (Å²) in [5.41, 5.74) is 2.52. The van der Waals surface area contributed by atoms with Gasteiger partial charge in [-0.2, -0.15) is 0 Å². The molecule has 3 fully saturated rings. The van der Waals surface area contributed by atoms with Crippen molar-refractivity contribution in [2.24, 2.45) is 52.3 Å². The van der Waals surface area contributed by atoms with E-state index in [9.17, 15) is 4.79 Å². The molecular weight excluding hydrogens is 572 g/mol. The summed E-state index contributed by atoms with van der Waals surface area (Å²) < 4.78 is 6.14. The van der Waals surface area contributed by atoms with Crippen molar-refractivity contribution < 1.29 is 9.53 Å². The zero-order valence-corrected chi connectivity index (χ0v) is 32.7. The van der Waals surface area contributed by atoms with Gasteiger partial charge in [0, 0.05) is 12.8 Å². The average Bonchev–Trinajstić information content (AvgIpc) is 3.41. The number of esters is 1. The van der Waals surface area contributed by atoms with Crippen molar-refractivity contribution in [1.29, 1.82) is 0 Å². The monoisotopic (exact) mass is 653 g/mol. The molecule has 0 aromatic carbocycles. The van der Waals surface area contributed by atoms with Crippen LogP contribution in [0.3, 0.4) is 0 Å². The van der Waals surface area contributed by atoms with E-state index in [0.717, 1.165) is 60.7 Å². The number of ether oxygens (including phenoxy) is 1. The Morgan fingerprint density at radius 2 is 1.43 bits per heavy atom. The molecule has 0 radical (unpaired) electrons. The van der Waals surface area contributed by atoms with Gasteiger partial charge in [0.2, 0.25) is 0 Å². The topological polar surface area (TPSA) is 26.3 Å². The van der Waals surface area contributed by atoms with Gasteiger partial charge in [-0.25, -0.2) is 0 Å². The van der Waals surface area contributed by atoms with Crippen molar-refractivity contribution in [3.63, 3.8) is 0 Å². The second kappa shape index (κ2) is 19.0. The first-order valence-electron chi connectivity index (χ1n) is 21.5. The summed E-state index contributed by atoms with van der Waals surface area (Å²) in [5, 5.41) is 0. The van der Waals surface area contributed by atoms with Gasteiger partial charge in [-0.3, -0.25) is 4.79 Å². The SMILES string of the molecule is CCCCCCCCCCCCCCCC(=O)O[C@H]1CC[C@@]2(C)C(=CC[C@H]3[C@@H]4CC[C@@H]([C@H](C)CC[C@H](CC)C(C)C)[C@]4(C)CC[C@@H]32)C1. The predicted octanol–water partition coefficient (Wildman–Crippen LogP) is 14.1. The first-order chi connectivity index (χ1) is 22.6. The highest BCUT2D eigenvalue weighted by atomic mass is 16.5. The molecule has 0 unspecified atom stereocenters. The van der Waals surface area contributed by atoms with Gasteiger partial charge in [0.25, 0.3) is 0 Å². The molecule has 272 valence electrons. The van der Waals surface area contributed by atoms with Crippen LogP contribution in [0.2, 0.25) is 0 Å². The lowest BCUT2D eigenvalue weighted by Gasteiger charge is -2.58. The second-order valence-corrected chi connectivity index (χ2v) is 18.3. The fourth-order valence-corrected chi connectivity index (χ4v) is 11.9. The maximum absolute atomic E-state index is 12.8. The maximum atomic E-state index is 12.8. The Kier molecular flexibility index (Phi) is 15.8. The number of hydrogen-bond acceptors (Lipinski definition) is 2. The zero-order chi connectivity index (χ0) is 33.9. The van der Waals surface area contributed by atoms with E-state index in [1.165, 1.54) is 135 Å². The highest BCUT2D eigenvalue weighted by molar-refractivity contribution is 5.69. The summed E-state index contributed by atoms with van der Waals surface area (Å²) in [6.45, 7) is 17.5. The number of carbonyl (C=O) groups excluding carboxylic acids is 1. The van der Waals surface area contributed by atoms with Crippen molar-refractivity contribution in [3.05, 3.63) is 11.6 Å². The highest BCUT2D eigenvalue weighted by Crippen LogP contribution is 2.67. The van der Waals surface area contributed by atoms with Gasteiger partial charge in [-0.05, 0) is 110 Å². The Balaban J connectivity index is 1.16. The van der Waals surface area contributed by atoms with E-state index in [4.69, 9.17) is 4.74 Å². The van der Waals surface area contributed by atoms with Gasteiger partial charge >= 0.3 is 5.97 Å². The summed E-state index contributed by atoms with van der Waals surface area (Å²) in [4.78, 5) is 12.8. The quantitative estimate of drug-likeness (QED) is 0.0700.